The lowest BCUT2D eigenvalue weighted by atomic mass is 9.64. The first-order valence-electron chi connectivity index (χ1n) is 6.30. The van der Waals surface area contributed by atoms with Crippen molar-refractivity contribution in [2.45, 2.75) is 32.4 Å². The van der Waals surface area contributed by atoms with Crippen molar-refractivity contribution in [2.75, 3.05) is 13.2 Å². The van der Waals surface area contributed by atoms with E-state index in [0.29, 0.717) is 12.6 Å². The van der Waals surface area contributed by atoms with Crippen LogP contribution in [0.1, 0.15) is 20.3 Å². The molecular formula is C14H20BrNO2. The van der Waals surface area contributed by atoms with Crippen LogP contribution >= 0.6 is 15.9 Å². The minimum absolute atomic E-state index is 0.0163. The molecule has 2 atom stereocenters. The number of aliphatic hydroxyl groups excluding tert-OH is 1. The fraction of sp³-hybridized carbons (Fsp3) is 0.571. The molecule has 0 bridgehead atoms. The summed E-state index contributed by atoms with van der Waals surface area (Å²) >= 11 is 3.39. The third kappa shape index (κ3) is 3.05. The van der Waals surface area contributed by atoms with Gasteiger partial charge in [-0.15, -0.1) is 0 Å². The van der Waals surface area contributed by atoms with E-state index in [0.717, 1.165) is 23.2 Å². The van der Waals surface area contributed by atoms with Gasteiger partial charge in [-0.05, 0) is 30.7 Å². The maximum Gasteiger partial charge on any atom is 0.119 e. The van der Waals surface area contributed by atoms with Gasteiger partial charge < -0.3 is 15.2 Å². The van der Waals surface area contributed by atoms with Crippen molar-refractivity contribution in [3.8, 4) is 5.75 Å². The van der Waals surface area contributed by atoms with Gasteiger partial charge in [-0.25, -0.2) is 0 Å². The Kier molecular flexibility index (Phi) is 4.30. The Labute approximate surface area is 117 Å². The number of ether oxygens (including phenoxy) is 1. The molecule has 2 unspecified atom stereocenters. The fourth-order valence-corrected chi connectivity index (χ4v) is 2.45. The molecule has 1 saturated carbocycles. The molecule has 4 heteroatoms. The highest BCUT2D eigenvalue weighted by Gasteiger charge is 2.46. The molecule has 0 spiro atoms. The summed E-state index contributed by atoms with van der Waals surface area (Å²) < 4.78 is 6.68. The standard InChI is InChI=1S/C14H20BrNO2/c1-14(2)12(9-13(14)17)16-7-8-18-11-5-3-10(15)4-6-11/h3-6,12-13,16-17H,7-9H2,1-2H3. The van der Waals surface area contributed by atoms with Gasteiger partial charge in [0.1, 0.15) is 12.4 Å². The second-order valence-corrected chi connectivity index (χ2v) is 6.30. The summed E-state index contributed by atoms with van der Waals surface area (Å²) in [5.41, 5.74) is -0.0163. The molecule has 0 aromatic heterocycles. The van der Waals surface area contributed by atoms with Crippen LogP contribution in [0.25, 0.3) is 0 Å². The SMILES string of the molecule is CC1(C)C(O)CC1NCCOc1ccc(Br)cc1. The van der Waals surface area contributed by atoms with E-state index in [-0.39, 0.29) is 11.5 Å². The summed E-state index contributed by atoms with van der Waals surface area (Å²) in [7, 11) is 0. The number of halogens is 1. The van der Waals surface area contributed by atoms with Crippen LogP contribution in [0.3, 0.4) is 0 Å². The summed E-state index contributed by atoms with van der Waals surface area (Å²) in [6.07, 6.45) is 0.660. The van der Waals surface area contributed by atoms with Gasteiger partial charge in [-0.3, -0.25) is 0 Å². The maximum atomic E-state index is 9.63. The molecule has 1 aliphatic rings. The van der Waals surface area contributed by atoms with E-state index in [4.69, 9.17) is 4.74 Å². The minimum atomic E-state index is -0.178. The zero-order valence-electron chi connectivity index (χ0n) is 10.8. The fourth-order valence-electron chi connectivity index (χ4n) is 2.18. The predicted octanol–water partition coefficient (Wildman–Crippen LogP) is 2.58. The van der Waals surface area contributed by atoms with Crippen LogP contribution < -0.4 is 10.1 Å². The molecule has 0 saturated heterocycles. The van der Waals surface area contributed by atoms with Crippen molar-refractivity contribution in [1.29, 1.82) is 0 Å². The maximum absolute atomic E-state index is 9.63. The summed E-state index contributed by atoms with van der Waals surface area (Å²) in [6.45, 7) is 5.63. The van der Waals surface area contributed by atoms with Crippen LogP contribution in [0.5, 0.6) is 5.75 Å². The number of hydrogen-bond donors (Lipinski definition) is 2. The Morgan fingerprint density at radius 2 is 2.06 bits per heavy atom. The first-order valence-corrected chi connectivity index (χ1v) is 7.09. The summed E-state index contributed by atoms with van der Waals surface area (Å²) in [6, 6.07) is 8.21. The van der Waals surface area contributed by atoms with E-state index < -0.39 is 0 Å². The molecule has 1 fully saturated rings. The molecule has 1 aromatic rings. The average molecular weight is 314 g/mol. The van der Waals surface area contributed by atoms with Crippen LogP contribution in [-0.2, 0) is 0 Å². The molecule has 2 rings (SSSR count). The van der Waals surface area contributed by atoms with E-state index in [2.05, 4.69) is 35.1 Å². The Morgan fingerprint density at radius 1 is 1.39 bits per heavy atom. The van der Waals surface area contributed by atoms with Gasteiger partial charge in [0, 0.05) is 22.5 Å². The summed E-state index contributed by atoms with van der Waals surface area (Å²) in [4.78, 5) is 0. The molecule has 1 aliphatic carbocycles. The van der Waals surface area contributed by atoms with Crippen molar-refractivity contribution in [3.05, 3.63) is 28.7 Å². The monoisotopic (exact) mass is 313 g/mol. The quantitative estimate of drug-likeness (QED) is 0.821. The minimum Gasteiger partial charge on any atom is -0.492 e. The number of nitrogens with one attached hydrogen (secondary N) is 1. The van der Waals surface area contributed by atoms with Crippen LogP contribution in [-0.4, -0.2) is 30.4 Å². The van der Waals surface area contributed by atoms with Gasteiger partial charge in [0.05, 0.1) is 6.10 Å². The average Bonchev–Trinajstić information content (AvgIpc) is 2.35. The summed E-state index contributed by atoms with van der Waals surface area (Å²) in [5, 5.41) is 13.1. The van der Waals surface area contributed by atoms with Crippen molar-refractivity contribution in [1.82, 2.24) is 5.32 Å². The van der Waals surface area contributed by atoms with Gasteiger partial charge in [0.2, 0.25) is 0 Å². The number of aliphatic hydroxyl groups is 1. The van der Waals surface area contributed by atoms with Gasteiger partial charge in [0.25, 0.3) is 0 Å². The second kappa shape index (κ2) is 5.59. The highest BCUT2D eigenvalue weighted by molar-refractivity contribution is 9.10. The summed E-state index contributed by atoms with van der Waals surface area (Å²) in [5.74, 6) is 0.882. The Morgan fingerprint density at radius 3 is 2.61 bits per heavy atom. The lowest BCUT2D eigenvalue weighted by Crippen LogP contribution is -2.60. The Hall–Kier alpha value is -0.580. The van der Waals surface area contributed by atoms with Gasteiger partial charge >= 0.3 is 0 Å². The van der Waals surface area contributed by atoms with Crippen LogP contribution in [0.2, 0.25) is 0 Å². The van der Waals surface area contributed by atoms with Gasteiger partial charge in [-0.2, -0.15) is 0 Å². The number of benzene rings is 1. The first-order chi connectivity index (χ1) is 8.50. The van der Waals surface area contributed by atoms with Crippen molar-refractivity contribution >= 4 is 15.9 Å². The normalized spacial score (nSPS) is 25.6. The molecule has 3 nitrogen and oxygen atoms in total. The van der Waals surface area contributed by atoms with Crippen LogP contribution in [0.15, 0.2) is 28.7 Å². The molecule has 1 aromatic carbocycles. The second-order valence-electron chi connectivity index (χ2n) is 5.38. The third-order valence-corrected chi connectivity index (χ3v) is 4.32. The lowest BCUT2D eigenvalue weighted by molar-refractivity contribution is -0.0728. The smallest absolute Gasteiger partial charge is 0.119 e. The number of hydrogen-bond acceptors (Lipinski definition) is 3. The largest absolute Gasteiger partial charge is 0.492 e. The molecule has 100 valence electrons. The van der Waals surface area contributed by atoms with E-state index >= 15 is 0 Å². The Balaban J connectivity index is 1.66. The first kappa shape index (κ1) is 13.8. The van der Waals surface area contributed by atoms with Crippen molar-refractivity contribution in [3.63, 3.8) is 0 Å². The molecule has 2 N–H and O–H groups in total. The van der Waals surface area contributed by atoms with Crippen molar-refractivity contribution < 1.29 is 9.84 Å². The van der Waals surface area contributed by atoms with Crippen molar-refractivity contribution in [2.24, 2.45) is 5.41 Å². The third-order valence-electron chi connectivity index (χ3n) is 3.79. The Bertz CT molecular complexity index is 391. The molecule has 0 heterocycles. The molecular weight excluding hydrogens is 294 g/mol. The van der Waals surface area contributed by atoms with Gasteiger partial charge in [0.15, 0.2) is 0 Å². The molecule has 0 amide bonds. The highest BCUT2D eigenvalue weighted by atomic mass is 79.9. The van der Waals surface area contributed by atoms with Crippen LogP contribution in [0.4, 0.5) is 0 Å². The molecule has 0 radical (unpaired) electrons. The number of rotatable bonds is 5. The van der Waals surface area contributed by atoms with E-state index in [1.54, 1.807) is 0 Å². The van der Waals surface area contributed by atoms with E-state index in [1.807, 2.05) is 24.3 Å². The van der Waals surface area contributed by atoms with Crippen LogP contribution in [0, 0.1) is 5.41 Å². The molecule has 0 aliphatic heterocycles. The van der Waals surface area contributed by atoms with E-state index in [1.165, 1.54) is 0 Å². The topological polar surface area (TPSA) is 41.5 Å². The zero-order valence-corrected chi connectivity index (χ0v) is 12.4. The lowest BCUT2D eigenvalue weighted by Gasteiger charge is -2.49. The zero-order chi connectivity index (χ0) is 13.2. The van der Waals surface area contributed by atoms with Gasteiger partial charge in [-0.1, -0.05) is 29.8 Å². The van der Waals surface area contributed by atoms with E-state index in [9.17, 15) is 5.11 Å². The highest BCUT2D eigenvalue weighted by Crippen LogP contribution is 2.40. The predicted molar refractivity (Wildman–Crippen MR) is 75.8 cm³/mol. The molecule has 18 heavy (non-hydrogen) atoms.